The summed E-state index contributed by atoms with van der Waals surface area (Å²) in [6.07, 6.45) is 1.49. The molecule has 2 amide bonds. The predicted octanol–water partition coefficient (Wildman–Crippen LogP) is 4.62. The van der Waals surface area contributed by atoms with Gasteiger partial charge in [0.05, 0.1) is 29.4 Å². The van der Waals surface area contributed by atoms with Crippen molar-refractivity contribution in [1.29, 1.82) is 0 Å². The van der Waals surface area contributed by atoms with E-state index in [2.05, 4.69) is 14.8 Å². The van der Waals surface area contributed by atoms with E-state index < -0.39 is 26.6 Å². The standard InChI is InChI=1S/C29H21F2N5O5S/c1-35-28(37)19-7-4-16(11-20(19)29(35)38)26-21-10-15(5-8-23(21)33-36(26)2)17-12-24(27(41-3)32-14-17)34-42(39,40)25-9-6-18(30)13-22(25)31/h4-14,34H,1-3H3. The Kier molecular flexibility index (Phi) is 6.26. The second-order valence-electron chi connectivity index (χ2n) is 9.59. The Labute approximate surface area is 238 Å². The molecule has 2 aromatic heterocycles. The number of pyridine rings is 1. The molecule has 1 N–H and O–H groups in total. The minimum Gasteiger partial charge on any atom is -0.480 e. The number of halogens is 2. The summed E-state index contributed by atoms with van der Waals surface area (Å²) in [5.41, 5.74) is 3.75. The molecule has 0 saturated heterocycles. The van der Waals surface area contributed by atoms with Crippen molar-refractivity contribution >= 4 is 38.4 Å². The highest BCUT2D eigenvalue weighted by Crippen LogP contribution is 2.36. The number of carbonyl (C=O) groups excluding carboxylic acids is 2. The van der Waals surface area contributed by atoms with Crippen molar-refractivity contribution in [2.24, 2.45) is 7.05 Å². The zero-order chi connectivity index (χ0) is 29.9. The highest BCUT2D eigenvalue weighted by atomic mass is 32.2. The van der Waals surface area contributed by atoms with Gasteiger partial charge in [-0.15, -0.1) is 0 Å². The number of imide groups is 1. The number of amides is 2. The number of hydrogen-bond acceptors (Lipinski definition) is 7. The first kappa shape index (κ1) is 27.0. The SMILES string of the molecule is COc1ncc(-c2ccc3nn(C)c(-c4ccc5c(c4)C(=O)N(C)C5=O)c3c2)cc1NS(=O)(=O)c1ccc(F)cc1F. The third kappa shape index (κ3) is 4.34. The van der Waals surface area contributed by atoms with Crippen LogP contribution in [0, 0.1) is 11.6 Å². The molecule has 0 radical (unpaired) electrons. The largest absolute Gasteiger partial charge is 0.480 e. The van der Waals surface area contributed by atoms with Gasteiger partial charge in [-0.1, -0.05) is 12.1 Å². The van der Waals surface area contributed by atoms with Gasteiger partial charge in [0.2, 0.25) is 5.88 Å². The summed E-state index contributed by atoms with van der Waals surface area (Å²) in [6, 6.07) is 14.1. The molecular formula is C29H21F2N5O5S. The highest BCUT2D eigenvalue weighted by molar-refractivity contribution is 7.92. The number of carbonyl (C=O) groups is 2. The maximum absolute atomic E-state index is 14.3. The molecule has 0 aliphatic carbocycles. The van der Waals surface area contributed by atoms with Crippen LogP contribution in [0.15, 0.2) is 71.8 Å². The van der Waals surface area contributed by atoms with Gasteiger partial charge in [0.15, 0.2) is 0 Å². The Balaban J connectivity index is 1.42. The summed E-state index contributed by atoms with van der Waals surface area (Å²) < 4.78 is 62.7. The molecule has 0 unspecified atom stereocenters. The van der Waals surface area contributed by atoms with Gasteiger partial charge in [-0.3, -0.25) is 23.9 Å². The van der Waals surface area contributed by atoms with Gasteiger partial charge in [0.25, 0.3) is 21.8 Å². The van der Waals surface area contributed by atoms with Crippen LogP contribution >= 0.6 is 0 Å². The van der Waals surface area contributed by atoms with Crippen LogP contribution in [0.2, 0.25) is 0 Å². The number of nitrogens with one attached hydrogen (secondary N) is 1. The lowest BCUT2D eigenvalue weighted by Crippen LogP contribution is -2.24. The molecule has 42 heavy (non-hydrogen) atoms. The molecule has 10 nitrogen and oxygen atoms in total. The summed E-state index contributed by atoms with van der Waals surface area (Å²) in [6.45, 7) is 0. The van der Waals surface area contributed by atoms with E-state index in [1.165, 1.54) is 26.4 Å². The quantitative estimate of drug-likeness (QED) is 0.287. The van der Waals surface area contributed by atoms with Crippen molar-refractivity contribution < 1.29 is 31.5 Å². The Hall–Kier alpha value is -5.17. The monoisotopic (exact) mass is 589 g/mol. The first-order chi connectivity index (χ1) is 20.0. The van der Waals surface area contributed by atoms with Gasteiger partial charge in [0, 0.05) is 42.9 Å². The summed E-state index contributed by atoms with van der Waals surface area (Å²) in [7, 11) is 0.0364. The maximum atomic E-state index is 14.3. The zero-order valence-corrected chi connectivity index (χ0v) is 23.2. The van der Waals surface area contributed by atoms with E-state index >= 15 is 0 Å². The topological polar surface area (TPSA) is 123 Å². The number of ether oxygens (including phenoxy) is 1. The van der Waals surface area contributed by atoms with Gasteiger partial charge in [-0.05, 0) is 48.0 Å². The first-order valence-electron chi connectivity index (χ1n) is 12.4. The zero-order valence-electron chi connectivity index (χ0n) is 22.3. The molecular weight excluding hydrogens is 568 g/mol. The van der Waals surface area contributed by atoms with Crippen LogP contribution in [0.1, 0.15) is 20.7 Å². The smallest absolute Gasteiger partial charge is 0.264 e. The lowest BCUT2D eigenvalue weighted by atomic mass is 9.99. The van der Waals surface area contributed by atoms with E-state index in [1.807, 2.05) is 6.07 Å². The number of benzene rings is 3. The minimum atomic E-state index is -4.46. The number of fused-ring (bicyclic) bond motifs is 2. The molecule has 3 heterocycles. The number of hydrogen-bond donors (Lipinski definition) is 1. The normalized spacial score (nSPS) is 13.1. The molecule has 212 valence electrons. The third-order valence-electron chi connectivity index (χ3n) is 7.00. The van der Waals surface area contributed by atoms with Crippen molar-refractivity contribution in [3.8, 4) is 28.3 Å². The molecule has 0 bridgehead atoms. The molecule has 3 aromatic carbocycles. The fourth-order valence-electron chi connectivity index (χ4n) is 4.97. The molecule has 1 aliphatic heterocycles. The number of aromatic nitrogens is 3. The molecule has 0 spiro atoms. The molecule has 1 aliphatic rings. The lowest BCUT2D eigenvalue weighted by molar-refractivity contribution is 0.0693. The van der Waals surface area contributed by atoms with Crippen molar-refractivity contribution in [3.63, 3.8) is 0 Å². The Morgan fingerprint density at radius 2 is 1.60 bits per heavy atom. The van der Waals surface area contributed by atoms with Gasteiger partial charge >= 0.3 is 0 Å². The summed E-state index contributed by atoms with van der Waals surface area (Å²) in [4.78, 5) is 29.5. The average Bonchev–Trinajstić information content (AvgIpc) is 3.39. The van der Waals surface area contributed by atoms with Gasteiger partial charge in [0.1, 0.15) is 22.2 Å². The second-order valence-corrected chi connectivity index (χ2v) is 11.2. The number of sulfonamides is 1. The Morgan fingerprint density at radius 3 is 2.33 bits per heavy atom. The van der Waals surface area contributed by atoms with Crippen LogP contribution < -0.4 is 9.46 Å². The number of methoxy groups -OCH3 is 1. The van der Waals surface area contributed by atoms with Crippen LogP contribution in [-0.2, 0) is 17.1 Å². The Bertz CT molecular complexity index is 2080. The second kappa shape index (κ2) is 9.73. The van der Waals surface area contributed by atoms with Crippen molar-refractivity contribution in [1.82, 2.24) is 19.7 Å². The van der Waals surface area contributed by atoms with Crippen LogP contribution in [0.4, 0.5) is 14.5 Å². The summed E-state index contributed by atoms with van der Waals surface area (Å²) in [5, 5.41) is 5.30. The van der Waals surface area contributed by atoms with E-state index in [0.29, 0.717) is 45.1 Å². The minimum absolute atomic E-state index is 0.0591. The first-order valence-corrected chi connectivity index (χ1v) is 13.9. The summed E-state index contributed by atoms with van der Waals surface area (Å²) in [5.74, 6) is -2.96. The van der Waals surface area contributed by atoms with E-state index in [1.54, 1.807) is 42.1 Å². The molecule has 0 saturated carbocycles. The molecule has 5 aromatic rings. The van der Waals surface area contributed by atoms with Crippen LogP contribution in [-0.4, -0.2) is 54.1 Å². The van der Waals surface area contributed by atoms with E-state index in [9.17, 15) is 26.8 Å². The third-order valence-corrected chi connectivity index (χ3v) is 8.40. The number of aryl methyl sites for hydroxylation is 1. The van der Waals surface area contributed by atoms with Crippen molar-refractivity contribution in [2.75, 3.05) is 18.9 Å². The van der Waals surface area contributed by atoms with E-state index in [4.69, 9.17) is 4.74 Å². The Morgan fingerprint density at radius 1 is 0.857 bits per heavy atom. The molecule has 0 fully saturated rings. The fraction of sp³-hybridized carbons (Fsp3) is 0.103. The maximum Gasteiger partial charge on any atom is 0.264 e. The molecule has 13 heteroatoms. The fourth-order valence-corrected chi connectivity index (χ4v) is 6.08. The van der Waals surface area contributed by atoms with Crippen molar-refractivity contribution in [2.45, 2.75) is 4.90 Å². The average molecular weight is 590 g/mol. The molecule has 0 atom stereocenters. The number of rotatable bonds is 6. The van der Waals surface area contributed by atoms with Gasteiger partial charge in [-0.25, -0.2) is 22.2 Å². The van der Waals surface area contributed by atoms with E-state index in [-0.39, 0.29) is 23.4 Å². The molecule has 6 rings (SSSR count). The van der Waals surface area contributed by atoms with Crippen LogP contribution in [0.3, 0.4) is 0 Å². The lowest BCUT2D eigenvalue weighted by Gasteiger charge is -2.13. The van der Waals surface area contributed by atoms with E-state index in [0.717, 1.165) is 22.4 Å². The number of nitrogens with zero attached hydrogens (tertiary/aromatic N) is 4. The van der Waals surface area contributed by atoms with Gasteiger partial charge in [-0.2, -0.15) is 5.10 Å². The van der Waals surface area contributed by atoms with Crippen LogP contribution in [0.25, 0.3) is 33.3 Å². The number of anilines is 1. The van der Waals surface area contributed by atoms with Crippen molar-refractivity contribution in [3.05, 3.63) is 89.6 Å². The van der Waals surface area contributed by atoms with Crippen LogP contribution in [0.5, 0.6) is 5.88 Å². The predicted molar refractivity (Wildman–Crippen MR) is 150 cm³/mol. The summed E-state index contributed by atoms with van der Waals surface area (Å²) >= 11 is 0. The highest BCUT2D eigenvalue weighted by Gasteiger charge is 2.33. The van der Waals surface area contributed by atoms with Gasteiger partial charge < -0.3 is 4.74 Å².